The normalized spacial score (nSPS) is 12.4. The molecule has 3 N–H and O–H groups in total. The van der Waals surface area contributed by atoms with Crippen molar-refractivity contribution in [2.24, 2.45) is 5.92 Å². The Morgan fingerprint density at radius 1 is 1.16 bits per heavy atom. The van der Waals surface area contributed by atoms with Crippen LogP contribution in [0.5, 0.6) is 0 Å². The van der Waals surface area contributed by atoms with Crippen molar-refractivity contribution in [3.8, 4) is 0 Å². The first kappa shape index (κ1) is 15.4. The largest absolute Gasteiger partial charge is 0.396 e. The average Bonchev–Trinajstić information content (AvgIpc) is 2.37. The molecule has 0 fully saturated rings. The highest BCUT2D eigenvalue weighted by molar-refractivity contribution is 5.43. The quantitative estimate of drug-likeness (QED) is 0.674. The molecule has 0 saturated carbocycles. The van der Waals surface area contributed by atoms with Crippen LogP contribution < -0.4 is 15.5 Å². The summed E-state index contributed by atoms with van der Waals surface area (Å²) in [6.45, 7) is 4.33. The molecule has 1 rings (SSSR count). The maximum Gasteiger partial charge on any atom is 0.231 e. The Morgan fingerprint density at radius 2 is 1.79 bits per heavy atom. The fourth-order valence-electron chi connectivity index (χ4n) is 1.62. The third-order valence-corrected chi connectivity index (χ3v) is 2.81. The number of nitrogens with one attached hydrogen (secondary N) is 2. The third-order valence-electron chi connectivity index (χ3n) is 2.81. The van der Waals surface area contributed by atoms with E-state index < -0.39 is 0 Å². The Bertz CT molecular complexity index is 396. The molecule has 0 aliphatic heterocycles. The van der Waals surface area contributed by atoms with Gasteiger partial charge in [0.05, 0.1) is 0 Å². The highest BCUT2D eigenvalue weighted by atomic mass is 16.3. The van der Waals surface area contributed by atoms with Gasteiger partial charge in [0.1, 0.15) is 0 Å². The molecule has 1 aromatic heterocycles. The molecule has 1 aromatic rings. The van der Waals surface area contributed by atoms with Crippen LogP contribution in [0.2, 0.25) is 0 Å². The molecule has 7 heteroatoms. The lowest BCUT2D eigenvalue weighted by Gasteiger charge is -2.22. The molecule has 1 heterocycles. The second kappa shape index (κ2) is 7.08. The lowest BCUT2D eigenvalue weighted by Crippen LogP contribution is -2.28. The number of aliphatic hydroxyl groups is 1. The first-order valence-electron chi connectivity index (χ1n) is 6.46. The van der Waals surface area contributed by atoms with Crippen LogP contribution in [0.3, 0.4) is 0 Å². The molecular weight excluding hydrogens is 244 g/mol. The van der Waals surface area contributed by atoms with Crippen LogP contribution >= 0.6 is 0 Å². The van der Waals surface area contributed by atoms with Crippen LogP contribution in [0.4, 0.5) is 17.8 Å². The number of hydrogen-bond donors (Lipinski definition) is 3. The van der Waals surface area contributed by atoms with Crippen molar-refractivity contribution in [1.82, 2.24) is 15.0 Å². The smallest absolute Gasteiger partial charge is 0.231 e. The highest BCUT2D eigenvalue weighted by Crippen LogP contribution is 2.15. The zero-order valence-corrected chi connectivity index (χ0v) is 12.3. The lowest BCUT2D eigenvalue weighted by molar-refractivity contribution is 0.267. The average molecular weight is 268 g/mol. The van der Waals surface area contributed by atoms with Gasteiger partial charge in [-0.1, -0.05) is 13.8 Å². The minimum absolute atomic E-state index is 0.132. The molecule has 0 aliphatic carbocycles. The van der Waals surface area contributed by atoms with Gasteiger partial charge < -0.3 is 20.6 Å². The molecule has 0 saturated heterocycles. The standard InChI is InChI=1S/C12H24N6O/c1-8(2)9(6-7-19)14-11-15-10(13-3)16-12(17-11)18(4)5/h8-9,19H,6-7H2,1-5H3,(H2,13,14,15,16,17). The van der Waals surface area contributed by atoms with Crippen molar-refractivity contribution in [1.29, 1.82) is 0 Å². The Balaban J connectivity index is 2.95. The molecule has 7 nitrogen and oxygen atoms in total. The molecule has 0 amide bonds. The Hall–Kier alpha value is -1.63. The number of hydrogen-bond acceptors (Lipinski definition) is 7. The van der Waals surface area contributed by atoms with Crippen molar-refractivity contribution in [2.45, 2.75) is 26.3 Å². The monoisotopic (exact) mass is 268 g/mol. The van der Waals surface area contributed by atoms with Crippen LogP contribution in [-0.4, -0.2) is 53.9 Å². The summed E-state index contributed by atoms with van der Waals surface area (Å²) >= 11 is 0. The Labute approximate surface area is 114 Å². The first-order chi connectivity index (χ1) is 8.97. The molecule has 0 aromatic carbocycles. The van der Waals surface area contributed by atoms with E-state index in [9.17, 15) is 0 Å². The van der Waals surface area contributed by atoms with E-state index in [4.69, 9.17) is 5.11 Å². The summed E-state index contributed by atoms with van der Waals surface area (Å²) in [5.41, 5.74) is 0. The Kier molecular flexibility index (Phi) is 5.75. The van der Waals surface area contributed by atoms with Crippen molar-refractivity contribution >= 4 is 17.8 Å². The van der Waals surface area contributed by atoms with Gasteiger partial charge in [-0.15, -0.1) is 0 Å². The maximum atomic E-state index is 9.09. The summed E-state index contributed by atoms with van der Waals surface area (Å²) in [4.78, 5) is 14.7. The van der Waals surface area contributed by atoms with E-state index in [0.29, 0.717) is 30.2 Å². The van der Waals surface area contributed by atoms with Crippen LogP contribution in [0.25, 0.3) is 0 Å². The molecule has 0 radical (unpaired) electrons. The second-order valence-corrected chi connectivity index (χ2v) is 4.93. The third kappa shape index (κ3) is 4.51. The molecular formula is C12H24N6O. The van der Waals surface area contributed by atoms with Gasteiger partial charge in [0.25, 0.3) is 0 Å². The molecule has 19 heavy (non-hydrogen) atoms. The SMILES string of the molecule is CNc1nc(NC(CCO)C(C)C)nc(N(C)C)n1. The molecule has 0 aliphatic rings. The van der Waals surface area contributed by atoms with Gasteiger partial charge in [-0.2, -0.15) is 15.0 Å². The van der Waals surface area contributed by atoms with E-state index in [1.54, 1.807) is 7.05 Å². The second-order valence-electron chi connectivity index (χ2n) is 4.93. The fraction of sp³-hybridized carbons (Fsp3) is 0.750. The Morgan fingerprint density at radius 3 is 2.26 bits per heavy atom. The molecule has 0 bridgehead atoms. The van der Waals surface area contributed by atoms with Crippen LogP contribution in [0.1, 0.15) is 20.3 Å². The van der Waals surface area contributed by atoms with E-state index in [0.717, 1.165) is 0 Å². The lowest BCUT2D eigenvalue weighted by atomic mass is 10.0. The molecule has 0 spiro atoms. The minimum Gasteiger partial charge on any atom is -0.396 e. The number of nitrogens with zero attached hydrogens (tertiary/aromatic N) is 4. The topological polar surface area (TPSA) is 86.2 Å². The summed E-state index contributed by atoms with van der Waals surface area (Å²) in [7, 11) is 5.53. The minimum atomic E-state index is 0.132. The van der Waals surface area contributed by atoms with Gasteiger partial charge in [0, 0.05) is 33.8 Å². The van der Waals surface area contributed by atoms with Crippen LogP contribution in [-0.2, 0) is 0 Å². The number of anilines is 3. The van der Waals surface area contributed by atoms with Gasteiger partial charge in [-0.3, -0.25) is 0 Å². The van der Waals surface area contributed by atoms with Gasteiger partial charge in [0.2, 0.25) is 17.8 Å². The fourth-order valence-corrected chi connectivity index (χ4v) is 1.62. The highest BCUT2D eigenvalue weighted by Gasteiger charge is 2.15. The molecule has 108 valence electrons. The van der Waals surface area contributed by atoms with Crippen LogP contribution in [0.15, 0.2) is 0 Å². The van der Waals surface area contributed by atoms with E-state index >= 15 is 0 Å². The van der Waals surface area contributed by atoms with Crippen molar-refractivity contribution in [3.05, 3.63) is 0 Å². The van der Waals surface area contributed by atoms with Crippen LogP contribution in [0, 0.1) is 5.92 Å². The number of aliphatic hydroxyl groups excluding tert-OH is 1. The molecule has 1 unspecified atom stereocenters. The first-order valence-corrected chi connectivity index (χ1v) is 6.46. The summed E-state index contributed by atoms with van der Waals surface area (Å²) in [6.07, 6.45) is 0.662. The molecule has 1 atom stereocenters. The van der Waals surface area contributed by atoms with Gasteiger partial charge in [-0.05, 0) is 12.3 Å². The van der Waals surface area contributed by atoms with Crippen molar-refractivity contribution in [2.75, 3.05) is 43.3 Å². The number of rotatable bonds is 7. The zero-order chi connectivity index (χ0) is 14.4. The van der Waals surface area contributed by atoms with E-state index in [1.807, 2.05) is 19.0 Å². The van der Waals surface area contributed by atoms with E-state index in [-0.39, 0.29) is 12.6 Å². The summed E-state index contributed by atoms with van der Waals surface area (Å²) < 4.78 is 0. The summed E-state index contributed by atoms with van der Waals surface area (Å²) in [6, 6.07) is 0.132. The van der Waals surface area contributed by atoms with E-state index in [2.05, 4.69) is 39.4 Å². The maximum absolute atomic E-state index is 9.09. The number of aromatic nitrogens is 3. The summed E-state index contributed by atoms with van der Waals surface area (Å²) in [5, 5.41) is 15.3. The van der Waals surface area contributed by atoms with E-state index in [1.165, 1.54) is 0 Å². The van der Waals surface area contributed by atoms with Gasteiger partial charge >= 0.3 is 0 Å². The predicted molar refractivity (Wildman–Crippen MR) is 77.7 cm³/mol. The summed E-state index contributed by atoms with van der Waals surface area (Å²) in [5.74, 6) is 2.01. The van der Waals surface area contributed by atoms with Gasteiger partial charge in [0.15, 0.2) is 0 Å². The van der Waals surface area contributed by atoms with Gasteiger partial charge in [-0.25, -0.2) is 0 Å². The zero-order valence-electron chi connectivity index (χ0n) is 12.3. The van der Waals surface area contributed by atoms with Crippen molar-refractivity contribution < 1.29 is 5.11 Å². The predicted octanol–water partition coefficient (Wildman–Crippen LogP) is 0.798. The van der Waals surface area contributed by atoms with Crippen molar-refractivity contribution in [3.63, 3.8) is 0 Å².